The summed E-state index contributed by atoms with van der Waals surface area (Å²) in [6, 6.07) is 0. The lowest BCUT2D eigenvalue weighted by atomic mass is 9.78. The number of hydrogen-bond acceptors (Lipinski definition) is 2. The molecule has 0 aliphatic heterocycles. The smallest absolute Gasteiger partial charge is 0.321 e. The van der Waals surface area contributed by atoms with Crippen molar-refractivity contribution in [2.75, 3.05) is 0 Å². The first kappa shape index (κ1) is 40.9. The van der Waals surface area contributed by atoms with Gasteiger partial charge in [-0.1, -0.05) is 152 Å². The van der Waals surface area contributed by atoms with Gasteiger partial charge in [0.15, 0.2) is 5.41 Å². The van der Waals surface area contributed by atoms with Crippen molar-refractivity contribution in [3.8, 4) is 0 Å². The first-order valence-electron chi connectivity index (χ1n) is 18.1. The summed E-state index contributed by atoms with van der Waals surface area (Å²) in [5.41, 5.74) is -1.62. The molecule has 0 aliphatic carbocycles. The fraction of sp³-hybridized carbons (Fsp3) is 0.744. The van der Waals surface area contributed by atoms with Crippen molar-refractivity contribution >= 4 is 11.9 Å². The Morgan fingerprint density at radius 1 is 0.419 bits per heavy atom. The van der Waals surface area contributed by atoms with Crippen LogP contribution in [-0.2, 0) is 9.59 Å². The minimum Gasteiger partial charge on any atom is -0.480 e. The van der Waals surface area contributed by atoms with Gasteiger partial charge < -0.3 is 10.2 Å². The molecule has 0 saturated carbocycles. The van der Waals surface area contributed by atoms with E-state index in [1.165, 1.54) is 77.0 Å². The van der Waals surface area contributed by atoms with Crippen LogP contribution in [0.15, 0.2) is 48.6 Å². The Balaban J connectivity index is 3.94. The maximum absolute atomic E-state index is 12.0. The van der Waals surface area contributed by atoms with E-state index >= 15 is 0 Å². The zero-order valence-corrected chi connectivity index (χ0v) is 28.2. The van der Waals surface area contributed by atoms with Crippen LogP contribution in [0.1, 0.15) is 181 Å². The SMILES string of the molecule is CCCCCC=CCC=CCCCCCCCCC(CCCCCCCC/C=C\C/C=C\CCCCC)(C(=O)O)C(=O)O. The first-order chi connectivity index (χ1) is 21.0. The molecule has 0 radical (unpaired) electrons. The molecule has 0 heterocycles. The van der Waals surface area contributed by atoms with Crippen molar-refractivity contribution in [3.63, 3.8) is 0 Å². The summed E-state index contributed by atoms with van der Waals surface area (Å²) < 4.78 is 0. The van der Waals surface area contributed by atoms with Crippen LogP contribution in [0.3, 0.4) is 0 Å². The Hall–Kier alpha value is -2.10. The number of carboxylic acid groups (broad SMARTS) is 2. The topological polar surface area (TPSA) is 74.6 Å². The number of hydrogen-bond donors (Lipinski definition) is 2. The van der Waals surface area contributed by atoms with Gasteiger partial charge in [0.1, 0.15) is 0 Å². The van der Waals surface area contributed by atoms with E-state index in [-0.39, 0.29) is 12.8 Å². The summed E-state index contributed by atoms with van der Waals surface area (Å²) in [4.78, 5) is 24.1. The quantitative estimate of drug-likeness (QED) is 0.0457. The molecule has 0 aromatic heterocycles. The third kappa shape index (κ3) is 25.0. The minimum absolute atomic E-state index is 0.243. The predicted molar refractivity (Wildman–Crippen MR) is 186 cm³/mol. The second-order valence-electron chi connectivity index (χ2n) is 12.4. The first-order valence-corrected chi connectivity index (χ1v) is 18.1. The molecule has 0 fully saturated rings. The molecule has 248 valence electrons. The second kappa shape index (κ2) is 31.3. The molecule has 0 atom stereocenters. The maximum atomic E-state index is 12.0. The van der Waals surface area contributed by atoms with Crippen molar-refractivity contribution in [2.24, 2.45) is 5.41 Å². The number of carboxylic acids is 2. The van der Waals surface area contributed by atoms with Gasteiger partial charge in [0.25, 0.3) is 0 Å². The summed E-state index contributed by atoms with van der Waals surface area (Å²) >= 11 is 0. The molecule has 43 heavy (non-hydrogen) atoms. The number of rotatable bonds is 32. The van der Waals surface area contributed by atoms with Crippen LogP contribution in [-0.4, -0.2) is 22.2 Å². The molecule has 0 rings (SSSR count). The van der Waals surface area contributed by atoms with Crippen LogP contribution in [0, 0.1) is 5.41 Å². The third-order valence-corrected chi connectivity index (χ3v) is 8.43. The predicted octanol–water partition coefficient (Wildman–Crippen LogP) is 12.5. The van der Waals surface area contributed by atoms with Gasteiger partial charge in [0.2, 0.25) is 0 Å². The number of carbonyl (C=O) groups is 2. The van der Waals surface area contributed by atoms with Crippen molar-refractivity contribution in [3.05, 3.63) is 48.6 Å². The Kier molecular flexibility index (Phi) is 29.8. The van der Waals surface area contributed by atoms with E-state index in [0.717, 1.165) is 64.2 Å². The van der Waals surface area contributed by atoms with Crippen LogP contribution in [0.2, 0.25) is 0 Å². The standard InChI is InChI=1S/C39H68O4/c1-3-5-7-9-11-13-15-17-19-21-23-25-27-29-31-33-35-39(37(40)41,38(42)43)36-34-32-30-28-26-24-22-20-18-16-14-12-10-8-6-4-2/h11-14,17-20H,3-10,15-16,21-36H2,1-2H3,(H,40,41)(H,42,43)/b13-11-,14-12?,19-17-,20-18?. The Morgan fingerprint density at radius 2 is 0.698 bits per heavy atom. The molecule has 0 saturated heterocycles. The monoisotopic (exact) mass is 601 g/mol. The normalized spacial score (nSPS) is 12.5. The van der Waals surface area contributed by atoms with Crippen LogP contribution in [0.4, 0.5) is 0 Å². The van der Waals surface area contributed by atoms with Crippen molar-refractivity contribution in [2.45, 2.75) is 181 Å². The summed E-state index contributed by atoms with van der Waals surface area (Å²) in [6.07, 6.45) is 45.3. The highest BCUT2D eigenvalue weighted by molar-refractivity contribution is 5.98. The van der Waals surface area contributed by atoms with Gasteiger partial charge >= 0.3 is 11.9 Å². The maximum Gasteiger partial charge on any atom is 0.321 e. The minimum atomic E-state index is -1.62. The lowest BCUT2D eigenvalue weighted by molar-refractivity contribution is -0.166. The summed E-state index contributed by atoms with van der Waals surface area (Å²) in [6.45, 7) is 4.47. The number of aliphatic carboxylic acids is 2. The van der Waals surface area contributed by atoms with E-state index in [9.17, 15) is 19.8 Å². The molecule has 0 unspecified atom stereocenters. The zero-order valence-electron chi connectivity index (χ0n) is 28.2. The van der Waals surface area contributed by atoms with E-state index in [1.54, 1.807) is 0 Å². The van der Waals surface area contributed by atoms with E-state index in [2.05, 4.69) is 62.5 Å². The Labute approximate surface area is 266 Å². The summed E-state index contributed by atoms with van der Waals surface area (Å²) in [5.74, 6) is -2.32. The molecule has 2 N–H and O–H groups in total. The largest absolute Gasteiger partial charge is 0.480 e. The van der Waals surface area contributed by atoms with Crippen molar-refractivity contribution < 1.29 is 19.8 Å². The third-order valence-electron chi connectivity index (χ3n) is 8.43. The van der Waals surface area contributed by atoms with Gasteiger partial charge in [0.05, 0.1) is 0 Å². The number of allylic oxidation sites excluding steroid dienone is 8. The molecule has 0 aromatic carbocycles. The van der Waals surface area contributed by atoms with Crippen molar-refractivity contribution in [1.29, 1.82) is 0 Å². The summed E-state index contributed by atoms with van der Waals surface area (Å²) in [7, 11) is 0. The van der Waals surface area contributed by atoms with E-state index in [0.29, 0.717) is 12.8 Å². The molecule has 0 aromatic rings. The molecule has 0 amide bonds. The van der Waals surface area contributed by atoms with Gasteiger partial charge in [-0.2, -0.15) is 0 Å². The van der Waals surface area contributed by atoms with Gasteiger partial charge in [-0.3, -0.25) is 9.59 Å². The molecule has 0 spiro atoms. The van der Waals surface area contributed by atoms with Gasteiger partial charge in [-0.25, -0.2) is 0 Å². The van der Waals surface area contributed by atoms with Crippen molar-refractivity contribution in [1.82, 2.24) is 0 Å². The Bertz CT molecular complexity index is 697. The molecular weight excluding hydrogens is 532 g/mol. The van der Waals surface area contributed by atoms with Gasteiger partial charge in [-0.05, 0) is 77.0 Å². The van der Waals surface area contributed by atoms with Crippen LogP contribution < -0.4 is 0 Å². The second-order valence-corrected chi connectivity index (χ2v) is 12.4. The van der Waals surface area contributed by atoms with Gasteiger partial charge in [0, 0.05) is 0 Å². The highest BCUT2D eigenvalue weighted by Gasteiger charge is 2.45. The molecule has 4 heteroatoms. The highest BCUT2D eigenvalue weighted by Crippen LogP contribution is 2.33. The molecular formula is C39H68O4. The van der Waals surface area contributed by atoms with E-state index in [4.69, 9.17) is 0 Å². The highest BCUT2D eigenvalue weighted by atomic mass is 16.4. The molecule has 0 aliphatic rings. The van der Waals surface area contributed by atoms with Gasteiger partial charge in [-0.15, -0.1) is 0 Å². The summed E-state index contributed by atoms with van der Waals surface area (Å²) in [5, 5.41) is 19.7. The zero-order chi connectivity index (χ0) is 31.7. The number of unbranched alkanes of at least 4 members (excludes halogenated alkanes) is 18. The van der Waals surface area contributed by atoms with Crippen LogP contribution in [0.5, 0.6) is 0 Å². The van der Waals surface area contributed by atoms with E-state index < -0.39 is 17.4 Å². The van der Waals surface area contributed by atoms with E-state index in [1.807, 2.05) is 0 Å². The Morgan fingerprint density at radius 3 is 1.00 bits per heavy atom. The fourth-order valence-corrected chi connectivity index (χ4v) is 5.47. The average Bonchev–Trinajstić information content (AvgIpc) is 2.99. The molecule has 0 bridgehead atoms. The lowest BCUT2D eigenvalue weighted by Gasteiger charge is -2.25. The fourth-order valence-electron chi connectivity index (χ4n) is 5.47. The average molecular weight is 601 g/mol. The lowest BCUT2D eigenvalue weighted by Crippen LogP contribution is -2.39. The van der Waals surface area contributed by atoms with Crippen LogP contribution in [0.25, 0.3) is 0 Å². The molecule has 4 nitrogen and oxygen atoms in total. The van der Waals surface area contributed by atoms with Crippen LogP contribution >= 0.6 is 0 Å².